The molecule has 5 heteroatoms. The Morgan fingerprint density at radius 2 is 1.30 bits per heavy atom. The predicted molar refractivity (Wildman–Crippen MR) is 75.7 cm³/mol. The number of aromatic hydroxyl groups is 2. The fraction of sp³-hybridized carbons (Fsp3) is 0. The SMILES string of the molecule is Oc1ccc(-c2noc(-c3ccc(O)cc3)c2Cl)cc1. The zero-order chi connectivity index (χ0) is 14.1. The molecule has 0 aliphatic carbocycles. The molecule has 20 heavy (non-hydrogen) atoms. The van der Waals surface area contributed by atoms with Gasteiger partial charge >= 0.3 is 0 Å². The smallest absolute Gasteiger partial charge is 0.186 e. The van der Waals surface area contributed by atoms with Crippen molar-refractivity contribution in [3.05, 3.63) is 53.6 Å². The van der Waals surface area contributed by atoms with Gasteiger partial charge in [-0.15, -0.1) is 0 Å². The van der Waals surface area contributed by atoms with Crippen molar-refractivity contribution < 1.29 is 14.7 Å². The fourth-order valence-corrected chi connectivity index (χ4v) is 2.16. The molecule has 0 aliphatic heterocycles. The maximum absolute atomic E-state index is 9.28. The van der Waals surface area contributed by atoms with Gasteiger partial charge in [0.15, 0.2) is 5.76 Å². The molecule has 2 aromatic carbocycles. The first-order valence-electron chi connectivity index (χ1n) is 5.89. The zero-order valence-corrected chi connectivity index (χ0v) is 11.0. The first-order chi connectivity index (χ1) is 9.65. The Labute approximate surface area is 119 Å². The van der Waals surface area contributed by atoms with E-state index >= 15 is 0 Å². The van der Waals surface area contributed by atoms with Crippen molar-refractivity contribution >= 4 is 11.6 Å². The largest absolute Gasteiger partial charge is 0.508 e. The lowest BCUT2D eigenvalue weighted by atomic mass is 10.1. The van der Waals surface area contributed by atoms with Crippen molar-refractivity contribution in [3.8, 4) is 34.1 Å². The summed E-state index contributed by atoms with van der Waals surface area (Å²) >= 11 is 6.29. The third-order valence-corrected chi connectivity index (χ3v) is 3.26. The molecule has 0 spiro atoms. The van der Waals surface area contributed by atoms with Gasteiger partial charge in [0.05, 0.1) is 0 Å². The summed E-state index contributed by atoms with van der Waals surface area (Å²) in [5.41, 5.74) is 1.99. The highest BCUT2D eigenvalue weighted by molar-refractivity contribution is 6.35. The molecule has 3 aromatic rings. The maximum atomic E-state index is 9.28. The molecule has 100 valence electrons. The maximum Gasteiger partial charge on any atom is 0.186 e. The molecule has 4 nitrogen and oxygen atoms in total. The quantitative estimate of drug-likeness (QED) is 0.745. The van der Waals surface area contributed by atoms with Crippen LogP contribution in [0, 0.1) is 0 Å². The molecule has 2 N–H and O–H groups in total. The van der Waals surface area contributed by atoms with Gasteiger partial charge in [0.2, 0.25) is 0 Å². The Morgan fingerprint density at radius 3 is 1.85 bits per heavy atom. The zero-order valence-electron chi connectivity index (χ0n) is 10.2. The number of phenols is 2. The molecule has 1 aromatic heterocycles. The molecule has 0 unspecified atom stereocenters. The van der Waals surface area contributed by atoms with Gasteiger partial charge in [-0.1, -0.05) is 16.8 Å². The average Bonchev–Trinajstić information content (AvgIpc) is 2.83. The van der Waals surface area contributed by atoms with E-state index in [-0.39, 0.29) is 11.5 Å². The van der Waals surface area contributed by atoms with Crippen LogP contribution in [-0.4, -0.2) is 15.4 Å². The highest BCUT2D eigenvalue weighted by Crippen LogP contribution is 2.36. The van der Waals surface area contributed by atoms with Crippen molar-refractivity contribution in [1.82, 2.24) is 5.16 Å². The highest BCUT2D eigenvalue weighted by atomic mass is 35.5. The predicted octanol–water partition coefficient (Wildman–Crippen LogP) is 4.07. The van der Waals surface area contributed by atoms with Crippen LogP contribution in [0.2, 0.25) is 5.02 Å². The Kier molecular flexibility index (Phi) is 3.08. The van der Waals surface area contributed by atoms with Crippen molar-refractivity contribution in [2.75, 3.05) is 0 Å². The van der Waals surface area contributed by atoms with E-state index in [1.54, 1.807) is 48.5 Å². The monoisotopic (exact) mass is 287 g/mol. The van der Waals surface area contributed by atoms with Crippen molar-refractivity contribution in [1.29, 1.82) is 0 Å². The number of aromatic nitrogens is 1. The number of nitrogens with zero attached hydrogens (tertiary/aromatic N) is 1. The van der Waals surface area contributed by atoms with E-state index in [1.165, 1.54) is 0 Å². The second-order valence-electron chi connectivity index (χ2n) is 4.27. The van der Waals surface area contributed by atoms with Gasteiger partial charge < -0.3 is 14.7 Å². The van der Waals surface area contributed by atoms with Crippen LogP contribution in [0.5, 0.6) is 11.5 Å². The Morgan fingerprint density at radius 1 is 0.800 bits per heavy atom. The number of rotatable bonds is 2. The van der Waals surface area contributed by atoms with Crippen LogP contribution in [0.4, 0.5) is 0 Å². The van der Waals surface area contributed by atoms with Crippen LogP contribution in [0.15, 0.2) is 53.1 Å². The van der Waals surface area contributed by atoms with Crippen LogP contribution in [0.25, 0.3) is 22.6 Å². The number of phenolic OH excluding ortho intramolecular Hbond substituents is 2. The lowest BCUT2D eigenvalue weighted by molar-refractivity contribution is 0.434. The van der Waals surface area contributed by atoms with Gasteiger partial charge in [-0.2, -0.15) is 0 Å². The summed E-state index contributed by atoms with van der Waals surface area (Å²) in [5.74, 6) is 0.782. The standard InChI is InChI=1S/C15H10ClNO3/c16-13-14(9-1-5-11(18)6-2-9)17-20-15(13)10-3-7-12(19)8-4-10/h1-8,18-19H. The van der Waals surface area contributed by atoms with E-state index in [4.69, 9.17) is 16.1 Å². The molecule has 0 saturated carbocycles. The summed E-state index contributed by atoms with van der Waals surface area (Å²) in [4.78, 5) is 0. The first kappa shape index (κ1) is 12.6. The highest BCUT2D eigenvalue weighted by Gasteiger charge is 2.17. The van der Waals surface area contributed by atoms with Crippen LogP contribution < -0.4 is 0 Å². The van der Waals surface area contributed by atoms with Gasteiger partial charge in [0.25, 0.3) is 0 Å². The summed E-state index contributed by atoms with van der Waals surface area (Å²) in [6, 6.07) is 13.0. The number of hydrogen-bond acceptors (Lipinski definition) is 4. The molecule has 3 rings (SSSR count). The summed E-state index contributed by atoms with van der Waals surface area (Å²) in [6.07, 6.45) is 0. The van der Waals surface area contributed by atoms with Crippen molar-refractivity contribution in [2.45, 2.75) is 0 Å². The van der Waals surface area contributed by atoms with Crippen LogP contribution >= 0.6 is 11.6 Å². The van der Waals surface area contributed by atoms with Crippen molar-refractivity contribution in [3.63, 3.8) is 0 Å². The minimum atomic E-state index is 0.170. The molecule has 0 atom stereocenters. The number of hydrogen-bond donors (Lipinski definition) is 2. The molecule has 0 amide bonds. The summed E-state index contributed by atoms with van der Waals surface area (Å²) in [6.45, 7) is 0. The minimum Gasteiger partial charge on any atom is -0.508 e. The number of benzene rings is 2. The van der Waals surface area contributed by atoms with Crippen LogP contribution in [-0.2, 0) is 0 Å². The number of halogens is 1. The van der Waals surface area contributed by atoms with Gasteiger partial charge in [0.1, 0.15) is 22.2 Å². The lowest BCUT2D eigenvalue weighted by Crippen LogP contribution is -1.78. The Hall–Kier alpha value is -2.46. The van der Waals surface area contributed by atoms with E-state index in [9.17, 15) is 10.2 Å². The molecule has 0 bridgehead atoms. The van der Waals surface area contributed by atoms with E-state index < -0.39 is 0 Å². The van der Waals surface area contributed by atoms with E-state index in [0.29, 0.717) is 16.5 Å². The Bertz CT molecular complexity index is 670. The lowest BCUT2D eigenvalue weighted by Gasteiger charge is -1.98. The third-order valence-electron chi connectivity index (χ3n) is 2.91. The third kappa shape index (κ3) is 2.21. The first-order valence-corrected chi connectivity index (χ1v) is 6.27. The minimum absolute atomic E-state index is 0.170. The summed E-state index contributed by atoms with van der Waals surface area (Å²) in [5, 5.41) is 22.9. The molecule has 0 radical (unpaired) electrons. The molecule has 0 aliphatic rings. The van der Waals surface area contributed by atoms with Crippen LogP contribution in [0.1, 0.15) is 0 Å². The fourth-order valence-electron chi connectivity index (χ4n) is 1.87. The van der Waals surface area contributed by atoms with Gasteiger partial charge in [0, 0.05) is 11.1 Å². The molecular formula is C15H10ClNO3. The van der Waals surface area contributed by atoms with Gasteiger partial charge in [-0.3, -0.25) is 0 Å². The topological polar surface area (TPSA) is 66.5 Å². The summed E-state index contributed by atoms with van der Waals surface area (Å²) in [7, 11) is 0. The molecule has 0 fully saturated rings. The molecule has 0 saturated heterocycles. The Balaban J connectivity index is 2.04. The van der Waals surface area contributed by atoms with E-state index in [2.05, 4.69) is 5.16 Å². The van der Waals surface area contributed by atoms with Gasteiger partial charge in [-0.25, -0.2) is 0 Å². The second kappa shape index (κ2) is 4.90. The summed E-state index contributed by atoms with van der Waals surface area (Å²) < 4.78 is 5.28. The van der Waals surface area contributed by atoms with Crippen molar-refractivity contribution in [2.24, 2.45) is 0 Å². The van der Waals surface area contributed by atoms with Crippen LogP contribution in [0.3, 0.4) is 0 Å². The second-order valence-corrected chi connectivity index (χ2v) is 4.65. The molecule has 1 heterocycles. The van der Waals surface area contributed by atoms with E-state index in [0.717, 1.165) is 11.1 Å². The van der Waals surface area contributed by atoms with Gasteiger partial charge in [-0.05, 0) is 48.5 Å². The average molecular weight is 288 g/mol. The normalized spacial score (nSPS) is 10.7. The molecular weight excluding hydrogens is 278 g/mol. The van der Waals surface area contributed by atoms with E-state index in [1.807, 2.05) is 0 Å².